The number of para-hydroxylation sites is 1. The fourth-order valence-corrected chi connectivity index (χ4v) is 3.53. The minimum absolute atomic E-state index is 0.115. The van der Waals surface area contributed by atoms with Crippen LogP contribution in [0.15, 0.2) is 48.5 Å². The lowest BCUT2D eigenvalue weighted by atomic mass is 9.85. The van der Waals surface area contributed by atoms with Gasteiger partial charge in [0.1, 0.15) is 0 Å². The molecule has 0 spiro atoms. The Bertz CT molecular complexity index is 946. The molecule has 1 fully saturated rings. The lowest BCUT2D eigenvalue weighted by Gasteiger charge is -2.23. The third-order valence-corrected chi connectivity index (χ3v) is 5.07. The monoisotopic (exact) mass is 394 g/mol. The molecule has 1 aliphatic rings. The van der Waals surface area contributed by atoms with E-state index in [4.69, 9.17) is 4.74 Å². The van der Waals surface area contributed by atoms with E-state index in [9.17, 15) is 14.4 Å². The topological polar surface area (TPSA) is 75.7 Å². The van der Waals surface area contributed by atoms with Crippen LogP contribution >= 0.6 is 0 Å². The van der Waals surface area contributed by atoms with Gasteiger partial charge < -0.3 is 15.0 Å². The number of amides is 2. The number of hydrogen-bond donors (Lipinski definition) is 1. The van der Waals surface area contributed by atoms with E-state index in [1.54, 1.807) is 29.2 Å². The Morgan fingerprint density at radius 1 is 1.10 bits per heavy atom. The number of rotatable bonds is 4. The van der Waals surface area contributed by atoms with Gasteiger partial charge in [0.2, 0.25) is 11.8 Å². The number of esters is 1. The second-order valence-electron chi connectivity index (χ2n) is 8.23. The molecule has 0 radical (unpaired) electrons. The summed E-state index contributed by atoms with van der Waals surface area (Å²) >= 11 is 0. The lowest BCUT2D eigenvalue weighted by Crippen LogP contribution is -2.29. The normalized spacial score (nSPS) is 16.6. The summed E-state index contributed by atoms with van der Waals surface area (Å²) in [6, 6.07) is 14.4. The summed E-state index contributed by atoms with van der Waals surface area (Å²) in [4.78, 5) is 38.7. The number of methoxy groups -OCH3 is 1. The number of carbonyl (C=O) groups is 3. The summed E-state index contributed by atoms with van der Waals surface area (Å²) < 4.78 is 4.74. The second-order valence-corrected chi connectivity index (χ2v) is 8.23. The molecule has 6 nitrogen and oxygen atoms in total. The lowest BCUT2D eigenvalue weighted by molar-refractivity contribution is -0.122. The Labute approximate surface area is 170 Å². The van der Waals surface area contributed by atoms with Gasteiger partial charge in [0, 0.05) is 24.3 Å². The van der Waals surface area contributed by atoms with Crippen molar-refractivity contribution >= 4 is 29.2 Å². The molecule has 1 aliphatic heterocycles. The van der Waals surface area contributed by atoms with E-state index in [0.29, 0.717) is 11.3 Å². The summed E-state index contributed by atoms with van der Waals surface area (Å²) in [5, 5.41) is 3.00. The van der Waals surface area contributed by atoms with Gasteiger partial charge in [0.05, 0.1) is 18.6 Å². The van der Waals surface area contributed by atoms with Gasteiger partial charge in [-0.05, 0) is 35.2 Å². The van der Waals surface area contributed by atoms with Crippen LogP contribution < -0.4 is 10.2 Å². The summed E-state index contributed by atoms with van der Waals surface area (Å²) in [5.41, 5.74) is 2.65. The predicted molar refractivity (Wildman–Crippen MR) is 112 cm³/mol. The van der Waals surface area contributed by atoms with Crippen molar-refractivity contribution in [2.45, 2.75) is 32.6 Å². The largest absolute Gasteiger partial charge is 0.465 e. The quantitative estimate of drug-likeness (QED) is 0.801. The first-order valence-corrected chi connectivity index (χ1v) is 9.60. The maximum absolute atomic E-state index is 12.9. The Balaban J connectivity index is 1.76. The van der Waals surface area contributed by atoms with Crippen molar-refractivity contribution in [2.75, 3.05) is 23.9 Å². The van der Waals surface area contributed by atoms with Gasteiger partial charge in [0.25, 0.3) is 0 Å². The van der Waals surface area contributed by atoms with Crippen LogP contribution in [0.3, 0.4) is 0 Å². The maximum Gasteiger partial charge on any atom is 0.337 e. The van der Waals surface area contributed by atoms with E-state index in [0.717, 1.165) is 11.3 Å². The Hall–Kier alpha value is -3.15. The minimum Gasteiger partial charge on any atom is -0.465 e. The highest BCUT2D eigenvalue weighted by atomic mass is 16.5. The third kappa shape index (κ3) is 4.47. The van der Waals surface area contributed by atoms with E-state index in [1.807, 2.05) is 24.3 Å². The van der Waals surface area contributed by atoms with Crippen molar-refractivity contribution in [1.82, 2.24) is 0 Å². The standard InChI is InChI=1S/C23H26N2O4/c1-23(2,3)18-10-5-6-11-19(18)24-21(27)16-13-20(26)25(14-16)17-9-7-8-15(12-17)22(28)29-4/h5-12,16H,13-14H2,1-4H3,(H,24,27). The highest BCUT2D eigenvalue weighted by Crippen LogP contribution is 2.31. The van der Waals surface area contributed by atoms with Crippen molar-refractivity contribution in [1.29, 1.82) is 0 Å². The van der Waals surface area contributed by atoms with Crippen LogP contribution in [-0.4, -0.2) is 31.4 Å². The van der Waals surface area contributed by atoms with Gasteiger partial charge in [-0.15, -0.1) is 0 Å². The van der Waals surface area contributed by atoms with Gasteiger partial charge in [-0.2, -0.15) is 0 Å². The van der Waals surface area contributed by atoms with Gasteiger partial charge in [-0.3, -0.25) is 9.59 Å². The van der Waals surface area contributed by atoms with Crippen LogP contribution in [0.1, 0.15) is 43.1 Å². The van der Waals surface area contributed by atoms with Gasteiger partial charge in [-0.1, -0.05) is 45.0 Å². The summed E-state index contributed by atoms with van der Waals surface area (Å²) in [5.74, 6) is -1.25. The molecule has 1 N–H and O–H groups in total. The summed E-state index contributed by atoms with van der Waals surface area (Å²) in [6.07, 6.45) is 0.131. The average Bonchev–Trinajstić information content (AvgIpc) is 3.09. The van der Waals surface area contributed by atoms with Crippen LogP contribution in [0.2, 0.25) is 0 Å². The van der Waals surface area contributed by atoms with Crippen LogP contribution in [-0.2, 0) is 19.7 Å². The highest BCUT2D eigenvalue weighted by Gasteiger charge is 2.35. The molecule has 29 heavy (non-hydrogen) atoms. The zero-order valence-corrected chi connectivity index (χ0v) is 17.2. The van der Waals surface area contributed by atoms with Crippen LogP contribution in [0.4, 0.5) is 11.4 Å². The summed E-state index contributed by atoms with van der Waals surface area (Å²) in [6.45, 7) is 6.54. The molecule has 1 unspecified atom stereocenters. The molecule has 3 rings (SSSR count). The van der Waals surface area contributed by atoms with Crippen molar-refractivity contribution in [3.8, 4) is 0 Å². The number of benzene rings is 2. The van der Waals surface area contributed by atoms with E-state index >= 15 is 0 Å². The van der Waals surface area contributed by atoms with Crippen molar-refractivity contribution in [3.63, 3.8) is 0 Å². The SMILES string of the molecule is COC(=O)c1cccc(N2CC(C(=O)Nc3ccccc3C(C)(C)C)CC2=O)c1. The van der Waals surface area contributed by atoms with E-state index in [1.165, 1.54) is 7.11 Å². The average molecular weight is 394 g/mol. The molecule has 2 aromatic rings. The zero-order valence-electron chi connectivity index (χ0n) is 17.2. The third-order valence-electron chi connectivity index (χ3n) is 5.07. The molecule has 152 valence electrons. The molecule has 1 saturated heterocycles. The number of hydrogen-bond acceptors (Lipinski definition) is 4. The Kier molecular flexibility index (Phi) is 5.73. The Morgan fingerprint density at radius 2 is 1.83 bits per heavy atom. The number of nitrogens with zero attached hydrogens (tertiary/aromatic N) is 1. The molecule has 0 bridgehead atoms. The molecular formula is C23H26N2O4. The molecule has 2 amide bonds. The molecule has 0 saturated carbocycles. The van der Waals surface area contributed by atoms with Gasteiger partial charge in [0.15, 0.2) is 0 Å². The number of carbonyl (C=O) groups excluding carboxylic acids is 3. The molecular weight excluding hydrogens is 368 g/mol. The minimum atomic E-state index is -0.466. The first-order valence-electron chi connectivity index (χ1n) is 9.60. The first-order chi connectivity index (χ1) is 13.7. The smallest absolute Gasteiger partial charge is 0.337 e. The molecule has 0 aliphatic carbocycles. The van der Waals surface area contributed by atoms with Gasteiger partial charge >= 0.3 is 5.97 Å². The highest BCUT2D eigenvalue weighted by molar-refractivity contribution is 6.04. The number of nitrogens with one attached hydrogen (secondary N) is 1. The fraction of sp³-hybridized carbons (Fsp3) is 0.348. The van der Waals surface area contributed by atoms with Crippen LogP contribution in [0, 0.1) is 5.92 Å². The molecule has 0 aromatic heterocycles. The number of ether oxygens (including phenoxy) is 1. The number of anilines is 2. The molecule has 1 atom stereocenters. The zero-order chi connectivity index (χ0) is 21.2. The maximum atomic E-state index is 12.9. The van der Waals surface area contributed by atoms with E-state index < -0.39 is 11.9 Å². The van der Waals surface area contributed by atoms with Gasteiger partial charge in [-0.25, -0.2) is 4.79 Å². The van der Waals surface area contributed by atoms with Crippen molar-refractivity contribution in [2.24, 2.45) is 5.92 Å². The van der Waals surface area contributed by atoms with Crippen molar-refractivity contribution in [3.05, 3.63) is 59.7 Å². The molecule has 2 aromatic carbocycles. The van der Waals surface area contributed by atoms with Crippen molar-refractivity contribution < 1.29 is 19.1 Å². The van der Waals surface area contributed by atoms with Crippen LogP contribution in [0.5, 0.6) is 0 Å². The van der Waals surface area contributed by atoms with E-state index in [-0.39, 0.29) is 30.2 Å². The Morgan fingerprint density at radius 3 is 2.52 bits per heavy atom. The molecule has 6 heteroatoms. The fourth-order valence-electron chi connectivity index (χ4n) is 3.53. The predicted octanol–water partition coefficient (Wildman–Crippen LogP) is 3.76. The van der Waals surface area contributed by atoms with E-state index in [2.05, 4.69) is 26.1 Å². The summed E-state index contributed by atoms with van der Waals surface area (Å²) in [7, 11) is 1.31. The second kappa shape index (κ2) is 8.07. The van der Waals surface area contributed by atoms with Crippen LogP contribution in [0.25, 0.3) is 0 Å². The molecule has 1 heterocycles. The first kappa shape index (κ1) is 20.6.